The molecule has 0 saturated carbocycles. The standard InChI is InChI=1S/C22H22N2O4S/c1-3-12-28-22(26)16-6-8-17(9-7-16)23-21(25)19-14-29-20(24-19)13-15-4-10-18(27-2)11-5-15/h4-11,14H,3,12-13H2,1-2H3,(H,23,25). The molecule has 1 N–H and O–H groups in total. The van der Waals surface area contributed by atoms with Gasteiger partial charge < -0.3 is 14.8 Å². The van der Waals surface area contributed by atoms with Crippen LogP contribution >= 0.6 is 11.3 Å². The Morgan fingerprint density at radius 1 is 1.07 bits per heavy atom. The molecule has 6 nitrogen and oxygen atoms in total. The molecule has 29 heavy (non-hydrogen) atoms. The van der Waals surface area contributed by atoms with E-state index in [0.717, 1.165) is 22.7 Å². The SMILES string of the molecule is CCCOC(=O)c1ccc(NC(=O)c2csc(Cc3ccc(OC)cc3)n2)cc1. The normalized spacial score (nSPS) is 10.4. The fraction of sp³-hybridized carbons (Fsp3) is 0.227. The Hall–Kier alpha value is -3.19. The molecule has 3 rings (SSSR count). The van der Waals surface area contributed by atoms with Gasteiger partial charge in [0.1, 0.15) is 11.4 Å². The molecule has 1 aromatic heterocycles. The molecule has 1 amide bonds. The molecule has 2 aromatic carbocycles. The highest BCUT2D eigenvalue weighted by Gasteiger charge is 2.12. The summed E-state index contributed by atoms with van der Waals surface area (Å²) < 4.78 is 10.2. The predicted molar refractivity (Wildman–Crippen MR) is 113 cm³/mol. The van der Waals surface area contributed by atoms with Crippen molar-refractivity contribution < 1.29 is 19.1 Å². The third kappa shape index (κ3) is 5.65. The fourth-order valence-corrected chi connectivity index (χ4v) is 3.39. The first-order chi connectivity index (χ1) is 14.1. The quantitative estimate of drug-likeness (QED) is 0.551. The molecule has 1 heterocycles. The van der Waals surface area contributed by atoms with Gasteiger partial charge in [-0.05, 0) is 48.4 Å². The molecule has 3 aromatic rings. The summed E-state index contributed by atoms with van der Waals surface area (Å²) in [6.07, 6.45) is 1.42. The number of thiazole rings is 1. The molecule has 0 atom stereocenters. The fourth-order valence-electron chi connectivity index (χ4n) is 2.58. The van der Waals surface area contributed by atoms with Crippen LogP contribution in [0.5, 0.6) is 5.75 Å². The molecule has 0 radical (unpaired) electrons. The van der Waals surface area contributed by atoms with Crippen molar-refractivity contribution in [1.82, 2.24) is 4.98 Å². The summed E-state index contributed by atoms with van der Waals surface area (Å²) in [4.78, 5) is 28.7. The van der Waals surface area contributed by atoms with Crippen molar-refractivity contribution in [2.75, 3.05) is 19.0 Å². The Bertz CT molecular complexity index is 965. The maximum atomic E-state index is 12.4. The van der Waals surface area contributed by atoms with E-state index in [0.29, 0.717) is 30.0 Å². The number of amides is 1. The minimum Gasteiger partial charge on any atom is -0.497 e. The second-order valence-electron chi connectivity index (χ2n) is 6.32. The molecule has 0 saturated heterocycles. The van der Waals surface area contributed by atoms with Gasteiger partial charge in [0, 0.05) is 17.5 Å². The largest absolute Gasteiger partial charge is 0.497 e. The predicted octanol–water partition coefficient (Wildman–Crippen LogP) is 4.56. The van der Waals surface area contributed by atoms with E-state index in [1.807, 2.05) is 31.2 Å². The van der Waals surface area contributed by atoms with Gasteiger partial charge in [-0.2, -0.15) is 0 Å². The van der Waals surface area contributed by atoms with E-state index in [-0.39, 0.29) is 11.9 Å². The van der Waals surface area contributed by atoms with Crippen molar-refractivity contribution in [3.63, 3.8) is 0 Å². The monoisotopic (exact) mass is 410 g/mol. The van der Waals surface area contributed by atoms with Crippen molar-refractivity contribution in [3.05, 3.63) is 75.7 Å². The number of esters is 1. The summed E-state index contributed by atoms with van der Waals surface area (Å²) >= 11 is 1.44. The minimum absolute atomic E-state index is 0.288. The first kappa shape index (κ1) is 20.5. The molecule has 0 unspecified atom stereocenters. The molecule has 0 aliphatic carbocycles. The smallest absolute Gasteiger partial charge is 0.338 e. The van der Waals surface area contributed by atoms with Crippen LogP contribution in [0, 0.1) is 0 Å². The number of benzene rings is 2. The molecular formula is C22H22N2O4S. The molecule has 0 aliphatic heterocycles. The van der Waals surface area contributed by atoms with Crippen LogP contribution in [0.1, 0.15) is 44.8 Å². The molecular weight excluding hydrogens is 388 g/mol. The van der Waals surface area contributed by atoms with Crippen LogP contribution in [0.25, 0.3) is 0 Å². The Balaban J connectivity index is 1.59. The van der Waals surface area contributed by atoms with E-state index in [1.165, 1.54) is 11.3 Å². The third-order valence-electron chi connectivity index (χ3n) is 4.11. The Morgan fingerprint density at radius 3 is 2.45 bits per heavy atom. The summed E-state index contributed by atoms with van der Waals surface area (Å²) in [5.74, 6) is 0.147. The van der Waals surface area contributed by atoms with Gasteiger partial charge in [-0.15, -0.1) is 11.3 Å². The number of ether oxygens (including phenoxy) is 2. The lowest BCUT2D eigenvalue weighted by Crippen LogP contribution is -2.13. The Labute approximate surface area is 173 Å². The number of anilines is 1. The van der Waals surface area contributed by atoms with Crippen LogP contribution in [0.3, 0.4) is 0 Å². The number of aromatic nitrogens is 1. The van der Waals surface area contributed by atoms with Gasteiger partial charge in [0.05, 0.1) is 24.3 Å². The average molecular weight is 410 g/mol. The molecule has 7 heteroatoms. The van der Waals surface area contributed by atoms with Gasteiger partial charge in [-0.1, -0.05) is 19.1 Å². The molecule has 0 bridgehead atoms. The number of nitrogens with zero attached hydrogens (tertiary/aromatic N) is 1. The second kappa shape index (κ2) is 9.84. The number of nitrogens with one attached hydrogen (secondary N) is 1. The van der Waals surface area contributed by atoms with Crippen LogP contribution in [0.15, 0.2) is 53.9 Å². The number of carbonyl (C=O) groups is 2. The van der Waals surface area contributed by atoms with Crippen LogP contribution < -0.4 is 10.1 Å². The van der Waals surface area contributed by atoms with E-state index in [9.17, 15) is 9.59 Å². The lowest BCUT2D eigenvalue weighted by atomic mass is 10.1. The minimum atomic E-state index is -0.368. The summed E-state index contributed by atoms with van der Waals surface area (Å²) in [7, 11) is 1.63. The molecule has 150 valence electrons. The first-order valence-corrected chi connectivity index (χ1v) is 10.1. The van der Waals surface area contributed by atoms with E-state index in [4.69, 9.17) is 9.47 Å². The zero-order valence-corrected chi connectivity index (χ0v) is 17.1. The van der Waals surface area contributed by atoms with Gasteiger partial charge in [0.15, 0.2) is 0 Å². The first-order valence-electron chi connectivity index (χ1n) is 9.25. The molecule has 0 spiro atoms. The number of methoxy groups -OCH3 is 1. The number of hydrogen-bond donors (Lipinski definition) is 1. The van der Waals surface area contributed by atoms with Crippen molar-refractivity contribution >= 4 is 28.9 Å². The van der Waals surface area contributed by atoms with Crippen molar-refractivity contribution in [2.24, 2.45) is 0 Å². The molecule has 0 fully saturated rings. The average Bonchev–Trinajstić information content (AvgIpc) is 3.22. The van der Waals surface area contributed by atoms with E-state index < -0.39 is 0 Å². The highest BCUT2D eigenvalue weighted by atomic mass is 32.1. The second-order valence-corrected chi connectivity index (χ2v) is 7.26. The molecule has 0 aliphatic rings. The van der Waals surface area contributed by atoms with Gasteiger partial charge >= 0.3 is 5.97 Å². The Kier molecular flexibility index (Phi) is 6.97. The van der Waals surface area contributed by atoms with Gasteiger partial charge in [0.25, 0.3) is 5.91 Å². The van der Waals surface area contributed by atoms with Crippen LogP contribution in [-0.4, -0.2) is 30.6 Å². The zero-order chi connectivity index (χ0) is 20.6. The van der Waals surface area contributed by atoms with E-state index >= 15 is 0 Å². The van der Waals surface area contributed by atoms with Crippen molar-refractivity contribution in [1.29, 1.82) is 0 Å². The van der Waals surface area contributed by atoms with Crippen molar-refractivity contribution in [2.45, 2.75) is 19.8 Å². The lowest BCUT2D eigenvalue weighted by Gasteiger charge is -2.06. The summed E-state index contributed by atoms with van der Waals surface area (Å²) in [6.45, 7) is 2.33. The zero-order valence-electron chi connectivity index (χ0n) is 16.3. The maximum Gasteiger partial charge on any atom is 0.338 e. The third-order valence-corrected chi connectivity index (χ3v) is 4.96. The number of hydrogen-bond acceptors (Lipinski definition) is 6. The number of carbonyl (C=O) groups excluding carboxylic acids is 2. The van der Waals surface area contributed by atoms with Gasteiger partial charge in [-0.3, -0.25) is 4.79 Å². The highest BCUT2D eigenvalue weighted by molar-refractivity contribution is 7.09. The topological polar surface area (TPSA) is 77.5 Å². The van der Waals surface area contributed by atoms with E-state index in [2.05, 4.69) is 10.3 Å². The van der Waals surface area contributed by atoms with E-state index in [1.54, 1.807) is 36.8 Å². The summed E-state index contributed by atoms with van der Waals surface area (Å²) in [6, 6.07) is 14.4. The summed E-state index contributed by atoms with van der Waals surface area (Å²) in [5, 5.41) is 5.39. The maximum absolute atomic E-state index is 12.4. The number of rotatable bonds is 8. The Morgan fingerprint density at radius 2 is 1.79 bits per heavy atom. The van der Waals surface area contributed by atoms with Crippen LogP contribution in [0.2, 0.25) is 0 Å². The van der Waals surface area contributed by atoms with Crippen LogP contribution in [-0.2, 0) is 11.2 Å². The van der Waals surface area contributed by atoms with Crippen LogP contribution in [0.4, 0.5) is 5.69 Å². The highest BCUT2D eigenvalue weighted by Crippen LogP contribution is 2.19. The van der Waals surface area contributed by atoms with Gasteiger partial charge in [-0.25, -0.2) is 9.78 Å². The lowest BCUT2D eigenvalue weighted by molar-refractivity contribution is 0.0505. The summed E-state index contributed by atoms with van der Waals surface area (Å²) in [5.41, 5.74) is 2.50. The van der Waals surface area contributed by atoms with Gasteiger partial charge in [0.2, 0.25) is 0 Å². The van der Waals surface area contributed by atoms with Crippen molar-refractivity contribution in [3.8, 4) is 5.75 Å².